The molecule has 1 saturated heterocycles. The molecule has 0 spiro atoms. The van der Waals surface area contributed by atoms with E-state index >= 15 is 0 Å². The highest BCUT2D eigenvalue weighted by Crippen LogP contribution is 2.28. The summed E-state index contributed by atoms with van der Waals surface area (Å²) >= 11 is 1.51. The van der Waals surface area contributed by atoms with Crippen LogP contribution in [-0.4, -0.2) is 44.5 Å². The van der Waals surface area contributed by atoms with Gasteiger partial charge in [-0.25, -0.2) is 4.98 Å². The van der Waals surface area contributed by atoms with Gasteiger partial charge in [-0.3, -0.25) is 9.59 Å². The van der Waals surface area contributed by atoms with Crippen molar-refractivity contribution in [1.82, 2.24) is 20.2 Å². The second-order valence-corrected chi connectivity index (χ2v) is 7.39. The standard InChI is InChI=1S/C14H22N4O2S/c1-9-10(2)18(8-16-9)6-5-15-12(19)11-7-21-14(3,4)13(20)17-11/h8,11H,5-7H2,1-4H3,(H,15,19)(H,17,20)/t11-/m0/s1. The lowest BCUT2D eigenvalue weighted by atomic mass is 10.1. The minimum atomic E-state index is -0.456. The highest BCUT2D eigenvalue weighted by atomic mass is 32.2. The van der Waals surface area contributed by atoms with E-state index in [1.807, 2.05) is 32.3 Å². The molecule has 0 radical (unpaired) electrons. The molecule has 21 heavy (non-hydrogen) atoms. The predicted octanol–water partition coefficient (Wildman–Crippen LogP) is 0.626. The van der Waals surface area contributed by atoms with Gasteiger partial charge >= 0.3 is 0 Å². The summed E-state index contributed by atoms with van der Waals surface area (Å²) in [5.74, 6) is 0.397. The number of thioether (sulfide) groups is 1. The van der Waals surface area contributed by atoms with Crippen LogP contribution in [0.4, 0.5) is 0 Å². The molecule has 0 saturated carbocycles. The second-order valence-electron chi connectivity index (χ2n) is 5.75. The summed E-state index contributed by atoms with van der Waals surface area (Å²) in [4.78, 5) is 28.1. The van der Waals surface area contributed by atoms with Gasteiger partial charge in [0, 0.05) is 24.5 Å². The Morgan fingerprint density at radius 1 is 1.57 bits per heavy atom. The van der Waals surface area contributed by atoms with Gasteiger partial charge in [-0.1, -0.05) is 0 Å². The summed E-state index contributed by atoms with van der Waals surface area (Å²) in [7, 11) is 0. The topological polar surface area (TPSA) is 76.0 Å². The van der Waals surface area contributed by atoms with Gasteiger partial charge in [0.2, 0.25) is 11.8 Å². The zero-order chi connectivity index (χ0) is 15.6. The molecule has 7 heteroatoms. The number of aryl methyl sites for hydroxylation is 1. The van der Waals surface area contributed by atoms with Gasteiger partial charge in [-0.05, 0) is 27.7 Å². The lowest BCUT2D eigenvalue weighted by molar-refractivity contribution is -0.129. The summed E-state index contributed by atoms with van der Waals surface area (Å²) in [6.45, 7) is 8.90. The van der Waals surface area contributed by atoms with Crippen LogP contribution in [0.2, 0.25) is 0 Å². The van der Waals surface area contributed by atoms with Crippen molar-refractivity contribution in [2.45, 2.75) is 45.0 Å². The van der Waals surface area contributed by atoms with E-state index in [1.54, 1.807) is 6.33 Å². The highest BCUT2D eigenvalue weighted by Gasteiger charge is 2.37. The van der Waals surface area contributed by atoms with E-state index in [0.29, 0.717) is 18.8 Å². The SMILES string of the molecule is Cc1ncn(CCNC(=O)[C@@H]2CSC(C)(C)C(=O)N2)c1C. The van der Waals surface area contributed by atoms with Crippen molar-refractivity contribution in [1.29, 1.82) is 0 Å². The monoisotopic (exact) mass is 310 g/mol. The number of carbonyl (C=O) groups is 2. The number of rotatable bonds is 4. The molecule has 0 unspecified atom stereocenters. The van der Waals surface area contributed by atoms with Crippen LogP contribution in [0.15, 0.2) is 6.33 Å². The molecule has 116 valence electrons. The maximum absolute atomic E-state index is 12.1. The van der Waals surface area contributed by atoms with Crippen molar-refractivity contribution in [2.75, 3.05) is 12.3 Å². The van der Waals surface area contributed by atoms with E-state index < -0.39 is 10.8 Å². The molecule has 2 heterocycles. The molecule has 1 atom stereocenters. The Morgan fingerprint density at radius 3 is 2.86 bits per heavy atom. The van der Waals surface area contributed by atoms with Crippen LogP contribution in [0.5, 0.6) is 0 Å². The maximum atomic E-state index is 12.1. The van der Waals surface area contributed by atoms with Gasteiger partial charge in [-0.2, -0.15) is 0 Å². The average Bonchev–Trinajstić information content (AvgIpc) is 2.73. The zero-order valence-electron chi connectivity index (χ0n) is 12.9. The van der Waals surface area contributed by atoms with Crippen LogP contribution in [0.1, 0.15) is 25.2 Å². The number of aromatic nitrogens is 2. The van der Waals surface area contributed by atoms with Crippen molar-refractivity contribution < 1.29 is 9.59 Å². The normalized spacial score (nSPS) is 21.0. The second kappa shape index (κ2) is 6.09. The number of nitrogens with zero attached hydrogens (tertiary/aromatic N) is 2. The average molecular weight is 310 g/mol. The van der Waals surface area contributed by atoms with Gasteiger partial charge in [0.25, 0.3) is 0 Å². The lowest BCUT2D eigenvalue weighted by Crippen LogP contribution is -2.57. The van der Waals surface area contributed by atoms with E-state index in [2.05, 4.69) is 15.6 Å². The molecule has 1 fully saturated rings. The summed E-state index contributed by atoms with van der Waals surface area (Å²) in [6, 6.07) is -0.443. The molecule has 2 rings (SSSR count). The van der Waals surface area contributed by atoms with Crippen LogP contribution >= 0.6 is 11.8 Å². The van der Waals surface area contributed by atoms with Crippen molar-refractivity contribution in [3.8, 4) is 0 Å². The maximum Gasteiger partial charge on any atom is 0.243 e. The number of hydrogen-bond donors (Lipinski definition) is 2. The number of imidazole rings is 1. The molecular formula is C14H22N4O2S. The molecule has 0 aliphatic carbocycles. The fraction of sp³-hybridized carbons (Fsp3) is 0.643. The van der Waals surface area contributed by atoms with Crippen molar-refractivity contribution >= 4 is 23.6 Å². The van der Waals surface area contributed by atoms with Crippen LogP contribution < -0.4 is 10.6 Å². The van der Waals surface area contributed by atoms with Gasteiger partial charge in [0.05, 0.1) is 16.8 Å². The number of amides is 2. The van der Waals surface area contributed by atoms with E-state index in [-0.39, 0.29) is 11.8 Å². The van der Waals surface area contributed by atoms with Crippen molar-refractivity contribution in [3.63, 3.8) is 0 Å². The van der Waals surface area contributed by atoms with Gasteiger partial charge in [0.15, 0.2) is 0 Å². The third-order valence-electron chi connectivity index (χ3n) is 3.78. The number of hydrogen-bond acceptors (Lipinski definition) is 4. The first kappa shape index (κ1) is 15.9. The molecule has 1 aliphatic heterocycles. The summed E-state index contributed by atoms with van der Waals surface area (Å²) in [6.07, 6.45) is 1.78. The minimum Gasteiger partial charge on any atom is -0.352 e. The molecule has 2 N–H and O–H groups in total. The molecule has 0 aromatic carbocycles. The first-order chi connectivity index (χ1) is 9.81. The zero-order valence-corrected chi connectivity index (χ0v) is 13.7. The van der Waals surface area contributed by atoms with E-state index in [4.69, 9.17) is 0 Å². The molecule has 1 aromatic heterocycles. The summed E-state index contributed by atoms with van der Waals surface area (Å²) in [5.41, 5.74) is 2.10. The lowest BCUT2D eigenvalue weighted by Gasteiger charge is -2.32. The quantitative estimate of drug-likeness (QED) is 0.855. The van der Waals surface area contributed by atoms with E-state index in [0.717, 1.165) is 11.4 Å². The Kier molecular flexibility index (Phi) is 4.61. The Bertz CT molecular complexity index is 553. The van der Waals surface area contributed by atoms with Gasteiger partial charge in [-0.15, -0.1) is 11.8 Å². The van der Waals surface area contributed by atoms with Gasteiger partial charge < -0.3 is 15.2 Å². The Balaban J connectivity index is 1.80. The molecule has 1 aromatic rings. The smallest absolute Gasteiger partial charge is 0.243 e. The molecule has 0 bridgehead atoms. The minimum absolute atomic E-state index is 0.0834. The molecular weight excluding hydrogens is 288 g/mol. The van der Waals surface area contributed by atoms with Crippen molar-refractivity contribution in [2.24, 2.45) is 0 Å². The number of nitrogens with one attached hydrogen (secondary N) is 2. The third kappa shape index (κ3) is 3.58. The Labute approximate surface area is 129 Å². The molecule has 2 amide bonds. The first-order valence-electron chi connectivity index (χ1n) is 7.02. The fourth-order valence-corrected chi connectivity index (χ4v) is 3.07. The molecule has 1 aliphatic rings. The van der Waals surface area contributed by atoms with Gasteiger partial charge in [0.1, 0.15) is 6.04 Å². The van der Waals surface area contributed by atoms with Crippen LogP contribution in [0.25, 0.3) is 0 Å². The highest BCUT2D eigenvalue weighted by molar-refractivity contribution is 8.01. The van der Waals surface area contributed by atoms with Crippen LogP contribution in [0.3, 0.4) is 0 Å². The first-order valence-corrected chi connectivity index (χ1v) is 8.01. The predicted molar refractivity (Wildman–Crippen MR) is 83.2 cm³/mol. The Morgan fingerprint density at radius 2 is 2.29 bits per heavy atom. The van der Waals surface area contributed by atoms with Crippen LogP contribution in [-0.2, 0) is 16.1 Å². The third-order valence-corrected chi connectivity index (χ3v) is 5.18. The van der Waals surface area contributed by atoms with E-state index in [1.165, 1.54) is 11.8 Å². The van der Waals surface area contributed by atoms with Crippen LogP contribution in [0, 0.1) is 13.8 Å². The van der Waals surface area contributed by atoms with E-state index in [9.17, 15) is 9.59 Å². The molecule has 6 nitrogen and oxygen atoms in total. The van der Waals surface area contributed by atoms with Crippen molar-refractivity contribution in [3.05, 3.63) is 17.7 Å². The summed E-state index contributed by atoms with van der Waals surface area (Å²) in [5, 5.41) is 5.65. The fourth-order valence-electron chi connectivity index (χ4n) is 2.06. The summed E-state index contributed by atoms with van der Waals surface area (Å²) < 4.78 is 1.55. The largest absolute Gasteiger partial charge is 0.352 e. The Hall–Kier alpha value is -1.50. The number of carbonyl (C=O) groups excluding carboxylic acids is 2.